The summed E-state index contributed by atoms with van der Waals surface area (Å²) < 4.78 is 19.8. The summed E-state index contributed by atoms with van der Waals surface area (Å²) in [5.74, 6) is 0.835. The molecule has 0 fully saturated rings. The molecule has 0 bridgehead atoms. The van der Waals surface area contributed by atoms with Gasteiger partial charge >= 0.3 is 0 Å². The molecule has 0 N–H and O–H groups in total. The number of ether oxygens (including phenoxy) is 1. The molecule has 0 aliphatic carbocycles. The molecule has 0 saturated carbocycles. The van der Waals surface area contributed by atoms with Crippen molar-refractivity contribution in [2.24, 2.45) is 0 Å². The molecule has 0 saturated heterocycles. The Hall–Kier alpha value is -1.97. The van der Waals surface area contributed by atoms with Crippen LogP contribution in [0.1, 0.15) is 64.4 Å². The number of hydrogen-bond donors (Lipinski definition) is 0. The summed E-state index contributed by atoms with van der Waals surface area (Å²) in [4.78, 5) is 8.38. The fourth-order valence-corrected chi connectivity index (χ4v) is 2.71. The molecule has 136 valence electrons. The molecular formula is C21H29FN2O. The van der Waals surface area contributed by atoms with E-state index in [-0.39, 0.29) is 0 Å². The number of aromatic nitrogens is 2. The van der Waals surface area contributed by atoms with Crippen molar-refractivity contribution in [3.63, 3.8) is 0 Å². The van der Waals surface area contributed by atoms with Crippen molar-refractivity contribution in [2.45, 2.75) is 65.2 Å². The van der Waals surface area contributed by atoms with Gasteiger partial charge in [-0.1, -0.05) is 46.0 Å². The summed E-state index contributed by atoms with van der Waals surface area (Å²) in [6.45, 7) is 4.97. The molecule has 1 heterocycles. The number of unbranched alkanes of at least 4 members (excludes halogenated alkanes) is 5. The van der Waals surface area contributed by atoms with Gasteiger partial charge in [0.05, 0.1) is 6.61 Å². The average Bonchev–Trinajstić information content (AvgIpc) is 2.64. The lowest BCUT2D eigenvalue weighted by atomic mass is 10.1. The molecule has 3 nitrogen and oxygen atoms in total. The summed E-state index contributed by atoms with van der Waals surface area (Å²) in [5.41, 5.74) is 1.41. The zero-order valence-corrected chi connectivity index (χ0v) is 15.4. The Balaban J connectivity index is 1.90. The third kappa shape index (κ3) is 6.45. The molecule has 0 aliphatic rings. The van der Waals surface area contributed by atoms with E-state index < -0.39 is 5.95 Å². The van der Waals surface area contributed by atoms with Gasteiger partial charge in [0.15, 0.2) is 5.82 Å². The van der Waals surface area contributed by atoms with Gasteiger partial charge in [0.25, 0.3) is 0 Å². The van der Waals surface area contributed by atoms with Gasteiger partial charge in [0, 0.05) is 17.3 Å². The zero-order valence-electron chi connectivity index (χ0n) is 15.4. The van der Waals surface area contributed by atoms with Crippen LogP contribution in [0.3, 0.4) is 0 Å². The quantitative estimate of drug-likeness (QED) is 0.372. The smallest absolute Gasteiger partial charge is 0.219 e. The van der Waals surface area contributed by atoms with Gasteiger partial charge in [0.2, 0.25) is 5.95 Å². The van der Waals surface area contributed by atoms with Gasteiger partial charge < -0.3 is 4.74 Å². The third-order valence-electron chi connectivity index (χ3n) is 4.20. The van der Waals surface area contributed by atoms with E-state index in [1.54, 1.807) is 6.20 Å². The largest absolute Gasteiger partial charge is 0.494 e. The first-order valence-corrected chi connectivity index (χ1v) is 9.49. The second-order valence-corrected chi connectivity index (χ2v) is 6.40. The minimum absolute atomic E-state index is 0.398. The van der Waals surface area contributed by atoms with Gasteiger partial charge in [-0.3, -0.25) is 0 Å². The Kier molecular flexibility index (Phi) is 8.36. The number of aryl methyl sites for hydroxylation is 1. The predicted octanol–water partition coefficient (Wildman–Crippen LogP) is 5.97. The Labute approximate surface area is 150 Å². The summed E-state index contributed by atoms with van der Waals surface area (Å²) in [6.07, 6.45) is 10.5. The highest BCUT2D eigenvalue weighted by molar-refractivity contribution is 5.56. The van der Waals surface area contributed by atoms with Gasteiger partial charge in [-0.2, -0.15) is 9.37 Å². The van der Waals surface area contributed by atoms with Crippen LogP contribution < -0.4 is 4.74 Å². The monoisotopic (exact) mass is 344 g/mol. The van der Waals surface area contributed by atoms with Crippen LogP contribution in [0.15, 0.2) is 30.5 Å². The number of benzene rings is 1. The van der Waals surface area contributed by atoms with E-state index in [4.69, 9.17) is 4.74 Å². The van der Waals surface area contributed by atoms with E-state index in [0.29, 0.717) is 24.4 Å². The minimum atomic E-state index is -0.398. The third-order valence-corrected chi connectivity index (χ3v) is 4.20. The van der Waals surface area contributed by atoms with Crippen LogP contribution in [0.25, 0.3) is 11.4 Å². The van der Waals surface area contributed by atoms with Crippen LogP contribution in [0.2, 0.25) is 0 Å². The topological polar surface area (TPSA) is 35.0 Å². The van der Waals surface area contributed by atoms with E-state index in [2.05, 4.69) is 23.8 Å². The van der Waals surface area contributed by atoms with E-state index in [1.165, 1.54) is 25.7 Å². The fraction of sp³-hybridized carbons (Fsp3) is 0.524. The Morgan fingerprint density at radius 1 is 0.920 bits per heavy atom. The van der Waals surface area contributed by atoms with E-state index in [1.807, 2.05) is 24.3 Å². The summed E-state index contributed by atoms with van der Waals surface area (Å²) in [7, 11) is 0. The summed E-state index contributed by atoms with van der Waals surface area (Å²) >= 11 is 0. The molecule has 0 atom stereocenters. The number of rotatable bonds is 11. The highest BCUT2D eigenvalue weighted by Crippen LogP contribution is 2.21. The van der Waals surface area contributed by atoms with Crippen LogP contribution in [0, 0.1) is 5.95 Å². The van der Waals surface area contributed by atoms with Crippen LogP contribution in [-0.2, 0) is 6.42 Å². The number of halogens is 1. The molecule has 25 heavy (non-hydrogen) atoms. The molecule has 0 amide bonds. The first-order valence-electron chi connectivity index (χ1n) is 9.49. The molecular weight excluding hydrogens is 315 g/mol. The lowest BCUT2D eigenvalue weighted by Crippen LogP contribution is -2.00. The minimum Gasteiger partial charge on any atom is -0.494 e. The molecule has 1 aromatic heterocycles. The second-order valence-electron chi connectivity index (χ2n) is 6.40. The zero-order chi connectivity index (χ0) is 17.9. The maximum Gasteiger partial charge on any atom is 0.219 e. The molecule has 2 aromatic rings. The molecule has 0 spiro atoms. The molecule has 2 rings (SSSR count). The predicted molar refractivity (Wildman–Crippen MR) is 100 cm³/mol. The maximum absolute atomic E-state index is 14.2. The number of nitrogens with zero attached hydrogens (tertiary/aromatic N) is 2. The molecule has 0 unspecified atom stereocenters. The second kappa shape index (κ2) is 10.8. The summed E-state index contributed by atoms with van der Waals surface area (Å²) in [5, 5.41) is 0. The highest BCUT2D eigenvalue weighted by Gasteiger charge is 2.08. The van der Waals surface area contributed by atoms with Crippen molar-refractivity contribution in [1.82, 2.24) is 9.97 Å². The van der Waals surface area contributed by atoms with Gasteiger partial charge in [-0.05, 0) is 43.5 Å². The summed E-state index contributed by atoms with van der Waals surface area (Å²) in [6, 6.07) is 7.48. The van der Waals surface area contributed by atoms with E-state index >= 15 is 0 Å². The normalized spacial score (nSPS) is 10.8. The average molecular weight is 344 g/mol. The lowest BCUT2D eigenvalue weighted by molar-refractivity contribution is 0.317. The van der Waals surface area contributed by atoms with Crippen LogP contribution in [-0.4, -0.2) is 16.6 Å². The van der Waals surface area contributed by atoms with Gasteiger partial charge in [0.1, 0.15) is 5.75 Å². The van der Waals surface area contributed by atoms with Crippen molar-refractivity contribution in [3.8, 4) is 17.1 Å². The van der Waals surface area contributed by atoms with Crippen molar-refractivity contribution < 1.29 is 9.13 Å². The van der Waals surface area contributed by atoms with Crippen LogP contribution in [0.4, 0.5) is 4.39 Å². The van der Waals surface area contributed by atoms with Crippen LogP contribution >= 0.6 is 0 Å². The molecule has 0 radical (unpaired) electrons. The fourth-order valence-electron chi connectivity index (χ4n) is 2.71. The van der Waals surface area contributed by atoms with Gasteiger partial charge in [-0.25, -0.2) is 4.98 Å². The van der Waals surface area contributed by atoms with Crippen LogP contribution in [0.5, 0.6) is 5.75 Å². The van der Waals surface area contributed by atoms with Crippen molar-refractivity contribution in [1.29, 1.82) is 0 Å². The van der Waals surface area contributed by atoms with E-state index in [9.17, 15) is 4.39 Å². The van der Waals surface area contributed by atoms with Crippen molar-refractivity contribution in [3.05, 3.63) is 42.0 Å². The maximum atomic E-state index is 14.2. The van der Waals surface area contributed by atoms with Crippen molar-refractivity contribution >= 4 is 0 Å². The number of hydrogen-bond acceptors (Lipinski definition) is 3. The standard InChI is InChI=1S/C21H29FN2O/c1-3-5-6-7-8-9-10-18-16-23-21(24-20(18)22)17-11-13-19(14-12-17)25-15-4-2/h11-14,16H,3-10,15H2,1-2H3. The lowest BCUT2D eigenvalue weighted by Gasteiger charge is -2.07. The first-order chi connectivity index (χ1) is 12.2. The molecule has 1 aromatic carbocycles. The molecule has 4 heteroatoms. The molecule has 0 aliphatic heterocycles. The Bertz CT molecular complexity index is 628. The SMILES string of the molecule is CCCCCCCCc1cnc(-c2ccc(OCCC)cc2)nc1F. The van der Waals surface area contributed by atoms with Gasteiger partial charge in [-0.15, -0.1) is 0 Å². The Morgan fingerprint density at radius 3 is 2.32 bits per heavy atom. The van der Waals surface area contributed by atoms with E-state index in [0.717, 1.165) is 30.6 Å². The van der Waals surface area contributed by atoms with Crippen molar-refractivity contribution in [2.75, 3.05) is 6.61 Å². The Morgan fingerprint density at radius 2 is 1.64 bits per heavy atom. The first kappa shape index (κ1) is 19.4. The highest BCUT2D eigenvalue weighted by atomic mass is 19.1.